The summed E-state index contributed by atoms with van der Waals surface area (Å²) in [6, 6.07) is 0. The molecule has 0 aliphatic rings. The van der Waals surface area contributed by atoms with Crippen LogP contribution < -0.4 is 24.6 Å². The molecule has 0 aromatic heterocycles. The van der Waals surface area contributed by atoms with E-state index in [2.05, 4.69) is 0 Å². The van der Waals surface area contributed by atoms with Crippen LogP contribution in [0.2, 0.25) is 0 Å². The van der Waals surface area contributed by atoms with E-state index in [1.807, 2.05) is 0 Å². The number of carboxylic acids is 2. The van der Waals surface area contributed by atoms with Crippen LogP contribution in [0.4, 0.5) is 0 Å². The number of rotatable bonds is 5. The van der Waals surface area contributed by atoms with Crippen molar-refractivity contribution >= 4 is 11.9 Å². The summed E-state index contributed by atoms with van der Waals surface area (Å²) in [5.74, 6) is -3.52. The fraction of sp³-hybridized carbons (Fsp3) is 0.667. The zero-order chi connectivity index (χ0) is 9.78. The van der Waals surface area contributed by atoms with Crippen molar-refractivity contribution in [1.82, 2.24) is 0 Å². The maximum Gasteiger partial charge on any atom is 1.00 e. The first-order chi connectivity index (χ1) is 5.45. The minimum Gasteiger partial charge on any atom is -1.00 e. The van der Waals surface area contributed by atoms with Crippen LogP contribution in [-0.2, 0) is 9.59 Å². The van der Waals surface area contributed by atoms with Gasteiger partial charge in [0.15, 0.2) is 0 Å². The van der Waals surface area contributed by atoms with Gasteiger partial charge >= 0.3 is 30.8 Å². The van der Waals surface area contributed by atoms with E-state index in [4.69, 9.17) is 21.1 Å². The molecular formula is C6H12LiNO5. The van der Waals surface area contributed by atoms with Crippen LogP contribution in [0.3, 0.4) is 0 Å². The summed E-state index contributed by atoms with van der Waals surface area (Å²) in [5, 5.41) is 25.8. The van der Waals surface area contributed by atoms with Crippen LogP contribution in [0.1, 0.15) is 14.3 Å². The van der Waals surface area contributed by atoms with Crippen LogP contribution >= 0.6 is 0 Å². The van der Waals surface area contributed by atoms with Crippen LogP contribution in [-0.4, -0.2) is 39.4 Å². The average molecular weight is 185 g/mol. The van der Waals surface area contributed by atoms with Gasteiger partial charge in [0.1, 0.15) is 0 Å². The van der Waals surface area contributed by atoms with E-state index in [-0.39, 0.29) is 39.7 Å². The Balaban J connectivity index is -0.000000605. The van der Waals surface area contributed by atoms with Crippen molar-refractivity contribution in [3.63, 3.8) is 0 Å². The van der Waals surface area contributed by atoms with Gasteiger partial charge in [0, 0.05) is 0 Å². The second kappa shape index (κ2) is 5.99. The van der Waals surface area contributed by atoms with Gasteiger partial charge < -0.3 is 22.5 Å². The third-order valence-electron chi connectivity index (χ3n) is 1.45. The zero-order valence-electron chi connectivity index (χ0n) is 8.36. The minimum absolute atomic E-state index is 0. The monoisotopic (exact) mass is 185 g/mol. The summed E-state index contributed by atoms with van der Waals surface area (Å²) in [4.78, 5) is 20.6. The van der Waals surface area contributed by atoms with Crippen molar-refractivity contribution in [3.05, 3.63) is 0 Å². The van der Waals surface area contributed by atoms with E-state index in [0.29, 0.717) is 0 Å². The number of nitrogens with two attached hydrogens (primary N) is 1. The molecule has 0 amide bonds. The number of carboxylic acid groups (broad SMARTS) is 2. The molecule has 72 valence electrons. The molecule has 0 aromatic rings. The summed E-state index contributed by atoms with van der Waals surface area (Å²) in [5.41, 5.74) is 2.34. The average Bonchev–Trinajstić information content (AvgIpc) is 1.99. The quantitative estimate of drug-likeness (QED) is 0.254. The Bertz CT molecular complexity index is 187. The summed E-state index contributed by atoms with van der Waals surface area (Å²) in [6.45, 7) is 0.142. The molecule has 5 N–H and O–H groups in total. The predicted octanol–water partition coefficient (Wildman–Crippen LogP) is -4.26. The largest absolute Gasteiger partial charge is 1.00 e. The second-order valence-corrected chi connectivity index (χ2v) is 2.36. The molecule has 0 unspecified atom stereocenters. The molecule has 0 radical (unpaired) electrons. The van der Waals surface area contributed by atoms with Crippen molar-refractivity contribution < 1.29 is 45.2 Å². The number of hydrogen-bond acceptors (Lipinski definition) is 4. The molecule has 7 heteroatoms. The van der Waals surface area contributed by atoms with Crippen LogP contribution in [0.5, 0.6) is 0 Å². The normalized spacial score (nSPS) is 10.3. The Morgan fingerprint density at radius 1 is 1.31 bits per heavy atom. The number of carbonyl (C=O) groups is 2. The molecule has 0 aromatic carbocycles. The first kappa shape index (κ1) is 15.0. The van der Waals surface area contributed by atoms with E-state index in [0.717, 1.165) is 0 Å². The van der Waals surface area contributed by atoms with Gasteiger partial charge in [0.05, 0.1) is 0 Å². The molecule has 0 atom stereocenters. The van der Waals surface area contributed by atoms with Gasteiger partial charge in [0.2, 0.25) is 0 Å². The number of aliphatic carboxylic acids is 2. The standard InChI is InChI=1S/C6H11NO5.Li.H/c7-3-1-2-6(12,4(8)9)5(10)11;;/h12H,1-3,7H2,(H,8,9)(H,10,11);;/q;+1;-1. The maximum atomic E-state index is 10.3. The number of aliphatic hydroxyl groups is 1. The predicted molar refractivity (Wildman–Crippen MR) is 39.6 cm³/mol. The molecule has 6 nitrogen and oxygen atoms in total. The minimum atomic E-state index is -2.70. The van der Waals surface area contributed by atoms with Crippen molar-refractivity contribution in [3.8, 4) is 0 Å². The van der Waals surface area contributed by atoms with E-state index < -0.39 is 17.5 Å². The zero-order valence-corrected chi connectivity index (χ0v) is 7.36. The van der Waals surface area contributed by atoms with Gasteiger partial charge in [-0.3, -0.25) is 0 Å². The van der Waals surface area contributed by atoms with Crippen LogP contribution in [0, 0.1) is 0 Å². The summed E-state index contributed by atoms with van der Waals surface area (Å²) < 4.78 is 0. The molecule has 13 heavy (non-hydrogen) atoms. The summed E-state index contributed by atoms with van der Waals surface area (Å²) in [7, 11) is 0. The van der Waals surface area contributed by atoms with Crippen molar-refractivity contribution in [1.29, 1.82) is 0 Å². The van der Waals surface area contributed by atoms with E-state index in [1.54, 1.807) is 0 Å². The third kappa shape index (κ3) is 3.78. The Morgan fingerprint density at radius 3 is 1.92 bits per heavy atom. The van der Waals surface area contributed by atoms with Crippen molar-refractivity contribution in [2.24, 2.45) is 5.73 Å². The van der Waals surface area contributed by atoms with Gasteiger partial charge in [-0.05, 0) is 19.4 Å². The molecule has 0 bridgehead atoms. The summed E-state index contributed by atoms with van der Waals surface area (Å²) in [6.07, 6.45) is -0.233. The van der Waals surface area contributed by atoms with Crippen molar-refractivity contribution in [2.45, 2.75) is 18.4 Å². The van der Waals surface area contributed by atoms with Crippen molar-refractivity contribution in [2.75, 3.05) is 6.54 Å². The smallest absolute Gasteiger partial charge is 1.00 e. The van der Waals surface area contributed by atoms with Crippen LogP contribution in [0.25, 0.3) is 0 Å². The fourth-order valence-corrected chi connectivity index (χ4v) is 0.663. The molecule has 0 saturated carbocycles. The first-order valence-corrected chi connectivity index (χ1v) is 3.34. The van der Waals surface area contributed by atoms with E-state index in [9.17, 15) is 9.59 Å². The molecule has 0 spiro atoms. The molecule has 0 aliphatic carbocycles. The van der Waals surface area contributed by atoms with E-state index >= 15 is 0 Å². The summed E-state index contributed by atoms with van der Waals surface area (Å²) >= 11 is 0. The third-order valence-corrected chi connectivity index (χ3v) is 1.45. The molecule has 0 rings (SSSR count). The Labute approximate surface area is 88.4 Å². The Morgan fingerprint density at radius 2 is 1.69 bits per heavy atom. The molecular weight excluding hydrogens is 173 g/mol. The molecule has 0 heterocycles. The van der Waals surface area contributed by atoms with Gasteiger partial charge in [0.25, 0.3) is 5.60 Å². The van der Waals surface area contributed by atoms with Gasteiger partial charge in [-0.15, -0.1) is 0 Å². The Hall–Kier alpha value is -0.543. The topological polar surface area (TPSA) is 121 Å². The van der Waals surface area contributed by atoms with Gasteiger partial charge in [-0.25, -0.2) is 9.59 Å². The fourth-order valence-electron chi connectivity index (χ4n) is 0.663. The number of hydrogen-bond donors (Lipinski definition) is 4. The maximum absolute atomic E-state index is 10.3. The van der Waals surface area contributed by atoms with Gasteiger partial charge in [-0.1, -0.05) is 0 Å². The molecule has 0 fully saturated rings. The van der Waals surface area contributed by atoms with Crippen LogP contribution in [0.15, 0.2) is 0 Å². The Kier molecular flexibility index (Phi) is 6.90. The molecule has 0 aliphatic heterocycles. The first-order valence-electron chi connectivity index (χ1n) is 3.34. The molecule has 0 saturated heterocycles. The van der Waals surface area contributed by atoms with E-state index in [1.165, 1.54) is 0 Å². The second-order valence-electron chi connectivity index (χ2n) is 2.36. The SMILES string of the molecule is NCCCC(O)(C(=O)O)C(=O)O.[H-].[Li+]. The van der Waals surface area contributed by atoms with Gasteiger partial charge in [-0.2, -0.15) is 0 Å².